The van der Waals surface area contributed by atoms with Crippen molar-refractivity contribution >= 4 is 21.6 Å². The summed E-state index contributed by atoms with van der Waals surface area (Å²) in [6.45, 7) is 6.16. The fourth-order valence-corrected chi connectivity index (χ4v) is 5.51. The highest BCUT2D eigenvalue weighted by Crippen LogP contribution is 2.28. The van der Waals surface area contributed by atoms with Gasteiger partial charge in [0, 0.05) is 0 Å². The summed E-state index contributed by atoms with van der Waals surface area (Å²) in [4.78, 5) is 13.1. The number of amides is 1. The highest BCUT2D eigenvalue weighted by Gasteiger charge is 2.27. The van der Waals surface area contributed by atoms with Gasteiger partial charge in [-0.15, -0.1) is 0 Å². The van der Waals surface area contributed by atoms with E-state index in [2.05, 4.69) is 19.2 Å². The molecule has 0 heterocycles. The average Bonchev–Trinajstić information content (AvgIpc) is 2.95. The SMILES string of the molecule is Cc1ccc(S(=O)(=O)N(CC(=O)NCCOc2ccccc2C(C)C)c2ccc(Oc3ccccc3)cc2)cc1. The molecule has 1 amide bonds. The van der Waals surface area contributed by atoms with Crippen molar-refractivity contribution in [3.8, 4) is 17.2 Å². The Morgan fingerprint density at radius 3 is 2.12 bits per heavy atom. The van der Waals surface area contributed by atoms with Crippen LogP contribution in [0.2, 0.25) is 0 Å². The van der Waals surface area contributed by atoms with Crippen LogP contribution in [0.15, 0.2) is 108 Å². The summed E-state index contributed by atoms with van der Waals surface area (Å²) in [5.74, 6) is 1.84. The topological polar surface area (TPSA) is 84.9 Å². The Morgan fingerprint density at radius 1 is 0.825 bits per heavy atom. The van der Waals surface area contributed by atoms with Crippen molar-refractivity contribution in [1.82, 2.24) is 5.32 Å². The predicted molar refractivity (Wildman–Crippen MR) is 158 cm³/mol. The molecule has 208 valence electrons. The number of carbonyl (C=O) groups is 1. The van der Waals surface area contributed by atoms with Crippen LogP contribution in [0.1, 0.15) is 30.9 Å². The van der Waals surface area contributed by atoms with Crippen molar-refractivity contribution in [2.24, 2.45) is 0 Å². The second-order valence-electron chi connectivity index (χ2n) is 9.62. The summed E-state index contributed by atoms with van der Waals surface area (Å²) in [6.07, 6.45) is 0. The second-order valence-corrected chi connectivity index (χ2v) is 11.5. The van der Waals surface area contributed by atoms with Crippen LogP contribution in [-0.4, -0.2) is 34.0 Å². The van der Waals surface area contributed by atoms with Crippen molar-refractivity contribution < 1.29 is 22.7 Å². The highest BCUT2D eigenvalue weighted by molar-refractivity contribution is 7.92. The molecule has 1 N–H and O–H groups in total. The van der Waals surface area contributed by atoms with Crippen molar-refractivity contribution in [3.63, 3.8) is 0 Å². The van der Waals surface area contributed by atoms with E-state index in [-0.39, 0.29) is 18.0 Å². The molecular formula is C32H34N2O5S. The van der Waals surface area contributed by atoms with E-state index in [9.17, 15) is 13.2 Å². The number of sulfonamides is 1. The minimum Gasteiger partial charge on any atom is -0.491 e. The summed E-state index contributed by atoms with van der Waals surface area (Å²) >= 11 is 0. The van der Waals surface area contributed by atoms with Gasteiger partial charge in [0.1, 0.15) is 30.4 Å². The highest BCUT2D eigenvalue weighted by atomic mass is 32.2. The first-order chi connectivity index (χ1) is 19.2. The fraction of sp³-hybridized carbons (Fsp3) is 0.219. The predicted octanol–water partition coefficient (Wildman–Crippen LogP) is 6.30. The molecule has 4 rings (SSSR count). The van der Waals surface area contributed by atoms with Crippen LogP contribution in [0, 0.1) is 6.92 Å². The van der Waals surface area contributed by atoms with E-state index in [4.69, 9.17) is 9.47 Å². The molecule has 0 spiro atoms. The molecule has 0 atom stereocenters. The number of aryl methyl sites for hydroxylation is 1. The van der Waals surface area contributed by atoms with Crippen molar-refractivity contribution in [3.05, 3.63) is 114 Å². The molecule has 0 saturated heterocycles. The van der Waals surface area contributed by atoms with Gasteiger partial charge >= 0.3 is 0 Å². The molecule has 8 heteroatoms. The number of benzene rings is 4. The Bertz CT molecular complexity index is 1500. The van der Waals surface area contributed by atoms with E-state index >= 15 is 0 Å². The van der Waals surface area contributed by atoms with Crippen LogP contribution >= 0.6 is 0 Å². The van der Waals surface area contributed by atoms with Crippen LogP contribution in [0.5, 0.6) is 17.2 Å². The van der Waals surface area contributed by atoms with Gasteiger partial charge in [0.25, 0.3) is 10.0 Å². The lowest BCUT2D eigenvalue weighted by Crippen LogP contribution is -2.41. The zero-order valence-electron chi connectivity index (χ0n) is 22.9. The van der Waals surface area contributed by atoms with E-state index in [1.807, 2.05) is 61.5 Å². The van der Waals surface area contributed by atoms with Gasteiger partial charge in [0.15, 0.2) is 0 Å². The number of ether oxygens (including phenoxy) is 2. The molecule has 0 unspecified atom stereocenters. The number of nitrogens with one attached hydrogen (secondary N) is 1. The van der Waals surface area contributed by atoms with E-state index in [0.717, 1.165) is 21.2 Å². The molecule has 0 saturated carbocycles. The Balaban J connectivity index is 1.47. The molecular weight excluding hydrogens is 524 g/mol. The zero-order valence-corrected chi connectivity index (χ0v) is 23.7. The van der Waals surface area contributed by atoms with Gasteiger partial charge in [-0.2, -0.15) is 0 Å². The fourth-order valence-electron chi connectivity index (χ4n) is 4.08. The Hall–Kier alpha value is -4.30. The van der Waals surface area contributed by atoms with Crippen LogP contribution < -0.4 is 19.1 Å². The molecule has 7 nitrogen and oxygen atoms in total. The third kappa shape index (κ3) is 7.42. The lowest BCUT2D eigenvalue weighted by Gasteiger charge is -2.24. The van der Waals surface area contributed by atoms with Crippen LogP contribution in [0.3, 0.4) is 0 Å². The minimum absolute atomic E-state index is 0.101. The lowest BCUT2D eigenvalue weighted by atomic mass is 10.0. The second kappa shape index (κ2) is 13.2. The molecule has 0 aliphatic heterocycles. The summed E-state index contributed by atoms with van der Waals surface area (Å²) in [5.41, 5.74) is 2.37. The van der Waals surface area contributed by atoms with E-state index < -0.39 is 22.5 Å². The first-order valence-electron chi connectivity index (χ1n) is 13.1. The number of carbonyl (C=O) groups excluding carboxylic acids is 1. The van der Waals surface area contributed by atoms with Crippen molar-refractivity contribution in [2.75, 3.05) is 24.0 Å². The van der Waals surface area contributed by atoms with Gasteiger partial charge in [-0.05, 0) is 73.0 Å². The molecule has 0 aliphatic carbocycles. The van der Waals surface area contributed by atoms with Gasteiger partial charge in [-0.3, -0.25) is 9.10 Å². The lowest BCUT2D eigenvalue weighted by molar-refractivity contribution is -0.119. The first kappa shape index (κ1) is 28.7. The Kier molecular flexibility index (Phi) is 9.45. The summed E-state index contributed by atoms with van der Waals surface area (Å²) in [5, 5.41) is 2.78. The quantitative estimate of drug-likeness (QED) is 0.206. The van der Waals surface area contributed by atoms with Crippen LogP contribution in [0.25, 0.3) is 0 Å². The van der Waals surface area contributed by atoms with Gasteiger partial charge < -0.3 is 14.8 Å². The Labute approximate surface area is 236 Å². The number of rotatable bonds is 12. The van der Waals surface area contributed by atoms with Crippen LogP contribution in [0.4, 0.5) is 5.69 Å². The van der Waals surface area contributed by atoms with Gasteiger partial charge in [0.05, 0.1) is 17.1 Å². The molecule has 40 heavy (non-hydrogen) atoms. The maximum atomic E-state index is 13.7. The molecule has 4 aromatic rings. The maximum absolute atomic E-state index is 13.7. The molecule has 0 aromatic heterocycles. The number of hydrogen-bond acceptors (Lipinski definition) is 5. The van der Waals surface area contributed by atoms with E-state index in [1.54, 1.807) is 48.5 Å². The number of hydrogen-bond donors (Lipinski definition) is 1. The van der Waals surface area contributed by atoms with Crippen molar-refractivity contribution in [1.29, 1.82) is 0 Å². The molecule has 0 radical (unpaired) electrons. The monoisotopic (exact) mass is 558 g/mol. The van der Waals surface area contributed by atoms with Crippen LogP contribution in [-0.2, 0) is 14.8 Å². The standard InChI is InChI=1S/C32H34N2O5S/c1-24(2)30-11-7-8-12-31(30)38-22-21-33-32(35)23-34(40(36,37)29-19-13-25(3)14-20-29)26-15-17-28(18-16-26)39-27-9-5-4-6-10-27/h4-20,24H,21-23H2,1-3H3,(H,33,35). The molecule has 0 aliphatic rings. The van der Waals surface area contributed by atoms with Gasteiger partial charge in [-0.1, -0.05) is 67.9 Å². The summed E-state index contributed by atoms with van der Waals surface area (Å²) < 4.78 is 40.2. The summed E-state index contributed by atoms with van der Waals surface area (Å²) in [7, 11) is -4.03. The normalized spacial score (nSPS) is 11.2. The number of nitrogens with zero attached hydrogens (tertiary/aromatic N) is 1. The minimum atomic E-state index is -4.03. The third-order valence-corrected chi connectivity index (χ3v) is 8.01. The third-order valence-electron chi connectivity index (χ3n) is 6.22. The first-order valence-corrected chi connectivity index (χ1v) is 14.6. The Morgan fingerprint density at radius 2 is 1.45 bits per heavy atom. The zero-order chi connectivity index (χ0) is 28.5. The van der Waals surface area contributed by atoms with Gasteiger partial charge in [0.2, 0.25) is 5.91 Å². The maximum Gasteiger partial charge on any atom is 0.264 e. The van der Waals surface area contributed by atoms with E-state index in [1.165, 1.54) is 0 Å². The van der Waals surface area contributed by atoms with Gasteiger partial charge in [-0.25, -0.2) is 8.42 Å². The smallest absolute Gasteiger partial charge is 0.264 e. The van der Waals surface area contributed by atoms with Crippen molar-refractivity contribution in [2.45, 2.75) is 31.6 Å². The van der Waals surface area contributed by atoms with E-state index in [0.29, 0.717) is 23.1 Å². The molecule has 0 bridgehead atoms. The largest absolute Gasteiger partial charge is 0.491 e. The molecule has 4 aromatic carbocycles. The summed E-state index contributed by atoms with van der Waals surface area (Å²) in [6, 6.07) is 30.2. The number of anilines is 1. The average molecular weight is 559 g/mol. The molecule has 0 fully saturated rings. The number of para-hydroxylation sites is 2.